The number of hydrogen-bond acceptors (Lipinski definition) is 17. The minimum Gasteiger partial charge on any atom is -0.497 e. The molecule has 2 unspecified atom stereocenters. The highest BCUT2D eigenvalue weighted by atomic mass is 16.7. The van der Waals surface area contributed by atoms with Crippen molar-refractivity contribution < 1.29 is 72.7 Å². The van der Waals surface area contributed by atoms with Crippen LogP contribution in [0.15, 0.2) is 29.4 Å². The summed E-state index contributed by atoms with van der Waals surface area (Å²) in [4.78, 5) is 22.2. The van der Waals surface area contributed by atoms with Gasteiger partial charge in [0.2, 0.25) is 0 Å². The summed E-state index contributed by atoms with van der Waals surface area (Å²) in [6.45, 7) is 17.4. The first-order chi connectivity index (χ1) is 29.5. The van der Waals surface area contributed by atoms with Gasteiger partial charge in [0.1, 0.15) is 35.4 Å². The van der Waals surface area contributed by atoms with Crippen LogP contribution >= 0.6 is 0 Å². The van der Waals surface area contributed by atoms with E-state index < -0.39 is 102 Å². The summed E-state index contributed by atoms with van der Waals surface area (Å²) in [6.07, 6.45) is -8.69. The van der Waals surface area contributed by atoms with Crippen molar-refractivity contribution in [2.75, 3.05) is 42.2 Å². The van der Waals surface area contributed by atoms with Crippen LogP contribution in [-0.4, -0.2) is 163 Å². The predicted molar refractivity (Wildman–Crippen MR) is 233 cm³/mol. The van der Waals surface area contributed by atoms with Gasteiger partial charge in [-0.2, -0.15) is 0 Å². The second-order valence-electron chi connectivity index (χ2n) is 18.8. The van der Waals surface area contributed by atoms with Gasteiger partial charge in [0.15, 0.2) is 12.6 Å². The molecule has 0 amide bonds. The first-order valence-electron chi connectivity index (χ1n) is 22.3. The summed E-state index contributed by atoms with van der Waals surface area (Å²) >= 11 is 0. The lowest BCUT2D eigenvalue weighted by Gasteiger charge is -2.50. The maximum atomic E-state index is 14.5. The Morgan fingerprint density at radius 2 is 1.46 bits per heavy atom. The smallest absolute Gasteiger partial charge is 0.311 e. The number of carbonyl (C=O) groups excluding carboxylic acids is 1. The number of benzene rings is 1. The Bertz CT molecular complexity index is 1620. The van der Waals surface area contributed by atoms with Crippen LogP contribution in [0.5, 0.6) is 11.5 Å². The van der Waals surface area contributed by atoms with Crippen molar-refractivity contribution in [2.45, 2.75) is 179 Å². The van der Waals surface area contributed by atoms with Crippen LogP contribution in [0.1, 0.15) is 94.9 Å². The zero-order valence-corrected chi connectivity index (χ0v) is 40.2. The van der Waals surface area contributed by atoms with Gasteiger partial charge >= 0.3 is 5.97 Å². The number of cyclic esters (lactones) is 1. The van der Waals surface area contributed by atoms with Crippen molar-refractivity contribution in [1.82, 2.24) is 4.90 Å². The molecular formula is C46H78N2O15. The maximum Gasteiger partial charge on any atom is 0.311 e. The number of oxime groups is 1. The summed E-state index contributed by atoms with van der Waals surface area (Å²) in [7, 11) is 8.42. The molecule has 17 nitrogen and oxygen atoms in total. The van der Waals surface area contributed by atoms with Gasteiger partial charge in [0.05, 0.1) is 60.5 Å². The largest absolute Gasteiger partial charge is 0.497 e. The molecule has 3 saturated heterocycles. The zero-order valence-electron chi connectivity index (χ0n) is 40.2. The fourth-order valence-corrected chi connectivity index (χ4v) is 9.64. The SMILES string of the molecule is CC[C@H]1OC(=O)[C@H](C)C(O[C@H]2C[C@](C)(OC)[C@@H](O)[C@@H](C)O2)[C@H](C)C(O[C@@H]2O[C@H](C)C[C@H](N(C)C)[C@@H]2O)[C@](C)(OC)C[C@@H](C)/C(=N\OCOc2ccc(OC)cc2)[C@H](C)[C@@H](O)[C@]1(C)O. The number of hydrogen-bond donors (Lipinski definition) is 4. The van der Waals surface area contributed by atoms with E-state index in [0.717, 1.165) is 0 Å². The molecule has 4 rings (SSSR count). The van der Waals surface area contributed by atoms with Gasteiger partial charge in [-0.05, 0) is 99.2 Å². The van der Waals surface area contributed by atoms with Gasteiger partial charge in [-0.3, -0.25) is 4.79 Å². The van der Waals surface area contributed by atoms with Gasteiger partial charge in [-0.15, -0.1) is 0 Å². The third kappa shape index (κ3) is 12.2. The van der Waals surface area contributed by atoms with Crippen LogP contribution in [0, 0.1) is 23.7 Å². The van der Waals surface area contributed by atoms with E-state index in [0.29, 0.717) is 23.6 Å². The normalized spacial score (nSPS) is 43.0. The highest BCUT2D eigenvalue weighted by Gasteiger charge is 2.54. The lowest BCUT2D eigenvalue weighted by Crippen LogP contribution is -2.61. The van der Waals surface area contributed by atoms with Crippen LogP contribution in [-0.2, 0) is 42.8 Å². The Morgan fingerprint density at radius 3 is 2.03 bits per heavy atom. The first-order valence-corrected chi connectivity index (χ1v) is 22.3. The van der Waals surface area contributed by atoms with Gasteiger partial charge in [-0.1, -0.05) is 32.9 Å². The second kappa shape index (κ2) is 22.2. The van der Waals surface area contributed by atoms with Crippen LogP contribution in [0.25, 0.3) is 0 Å². The molecule has 0 bridgehead atoms. The standard InChI is InChI=1S/C46H78N2O15/c1-16-34-46(10,53)39(50)27(4)36(47-58-24-57-32-19-17-31(54-13)18-20-32)25(2)22-45(9,56-15)41(63-43-37(49)33(48(11)12)21-26(3)59-43)28(5)38(29(6)42(52)61-34)62-35-23-44(8,55-14)40(51)30(7)60-35/h17-20,25-30,33-35,37-41,43,49-51,53H,16,21-24H2,1-15H3/b47-36+/t25-,26-,27+,28+,29-,30-,33+,34-,35+,37+,38?,39-,40+,41?,43+,44+,45-,46-/m1/s1. The van der Waals surface area contributed by atoms with Gasteiger partial charge in [-0.25, -0.2) is 0 Å². The molecule has 17 heteroatoms. The fraction of sp³-hybridized carbons (Fsp3) is 0.826. The summed E-state index contributed by atoms with van der Waals surface area (Å²) in [5, 5.41) is 51.6. The molecule has 3 heterocycles. The molecule has 362 valence electrons. The molecule has 0 radical (unpaired) electrons. The maximum absolute atomic E-state index is 14.5. The number of methoxy groups -OCH3 is 3. The Hall–Kier alpha value is -2.68. The molecule has 63 heavy (non-hydrogen) atoms. The molecule has 3 aliphatic rings. The lowest BCUT2D eigenvalue weighted by atomic mass is 9.73. The van der Waals surface area contributed by atoms with E-state index in [1.807, 2.05) is 46.7 Å². The summed E-state index contributed by atoms with van der Waals surface area (Å²) in [5.41, 5.74) is -3.88. The molecule has 0 spiro atoms. The third-order valence-electron chi connectivity index (χ3n) is 13.8. The molecule has 1 aromatic rings. The number of nitrogens with zero attached hydrogens (tertiary/aromatic N) is 2. The average molecular weight is 899 g/mol. The number of aliphatic hydroxyl groups excluding tert-OH is 3. The topological polar surface area (TPSA) is 206 Å². The molecule has 0 aromatic heterocycles. The van der Waals surface area contributed by atoms with Crippen LogP contribution < -0.4 is 9.47 Å². The Balaban J connectivity index is 1.86. The van der Waals surface area contributed by atoms with E-state index >= 15 is 0 Å². The van der Waals surface area contributed by atoms with Crippen LogP contribution in [0.3, 0.4) is 0 Å². The minimum absolute atomic E-state index is 0.120. The molecular weight excluding hydrogens is 821 g/mol. The van der Waals surface area contributed by atoms with Crippen molar-refractivity contribution in [3.05, 3.63) is 24.3 Å². The van der Waals surface area contributed by atoms with Gasteiger partial charge < -0.3 is 72.8 Å². The number of esters is 1. The van der Waals surface area contributed by atoms with Crippen molar-refractivity contribution in [3.63, 3.8) is 0 Å². The van der Waals surface area contributed by atoms with E-state index in [1.165, 1.54) is 14.0 Å². The van der Waals surface area contributed by atoms with E-state index in [2.05, 4.69) is 5.16 Å². The predicted octanol–water partition coefficient (Wildman–Crippen LogP) is 4.29. The fourth-order valence-electron chi connectivity index (χ4n) is 9.64. The monoisotopic (exact) mass is 899 g/mol. The Kier molecular flexibility index (Phi) is 18.7. The Labute approximate surface area is 374 Å². The number of ether oxygens (including phenoxy) is 9. The average Bonchev–Trinajstić information content (AvgIpc) is 3.24. The molecule has 3 aliphatic heterocycles. The highest BCUT2D eigenvalue weighted by molar-refractivity contribution is 5.88. The molecule has 18 atom stereocenters. The van der Waals surface area contributed by atoms with Crippen molar-refractivity contribution in [2.24, 2.45) is 28.8 Å². The second-order valence-corrected chi connectivity index (χ2v) is 18.8. The van der Waals surface area contributed by atoms with Crippen LogP contribution in [0.4, 0.5) is 0 Å². The van der Waals surface area contributed by atoms with Crippen LogP contribution in [0.2, 0.25) is 0 Å². The molecule has 4 N–H and O–H groups in total. The molecule has 3 fully saturated rings. The highest BCUT2D eigenvalue weighted by Crippen LogP contribution is 2.42. The van der Waals surface area contributed by atoms with Crippen molar-refractivity contribution in [3.8, 4) is 11.5 Å². The summed E-state index contributed by atoms with van der Waals surface area (Å²) in [5.74, 6) is -2.64. The van der Waals surface area contributed by atoms with E-state index in [-0.39, 0.29) is 38.2 Å². The van der Waals surface area contributed by atoms with E-state index in [4.69, 9.17) is 47.5 Å². The number of carbonyl (C=O) groups is 1. The Morgan fingerprint density at radius 1 is 0.841 bits per heavy atom. The quantitative estimate of drug-likeness (QED) is 0.0944. The molecule has 0 saturated carbocycles. The number of likely N-dealkylation sites (N-methyl/N-ethyl adjacent to an activating group) is 1. The number of rotatable bonds is 13. The molecule has 1 aromatic carbocycles. The van der Waals surface area contributed by atoms with Gasteiger partial charge in [0, 0.05) is 44.4 Å². The minimum atomic E-state index is -1.96. The lowest BCUT2D eigenvalue weighted by molar-refractivity contribution is -0.319. The zero-order chi connectivity index (χ0) is 47.2. The van der Waals surface area contributed by atoms with Crippen molar-refractivity contribution in [1.29, 1.82) is 0 Å². The van der Waals surface area contributed by atoms with E-state index in [1.54, 1.807) is 73.1 Å². The molecule has 0 aliphatic carbocycles. The van der Waals surface area contributed by atoms with Gasteiger partial charge in [0.25, 0.3) is 6.79 Å². The number of aliphatic hydroxyl groups is 4. The summed E-state index contributed by atoms with van der Waals surface area (Å²) in [6, 6.07) is 6.67. The first kappa shape index (κ1) is 52.9. The van der Waals surface area contributed by atoms with E-state index in [9.17, 15) is 25.2 Å². The summed E-state index contributed by atoms with van der Waals surface area (Å²) < 4.78 is 55.9. The van der Waals surface area contributed by atoms with Crippen molar-refractivity contribution >= 4 is 11.7 Å². The third-order valence-corrected chi connectivity index (χ3v) is 13.8.